The predicted molar refractivity (Wildman–Crippen MR) is 230 cm³/mol. The van der Waals surface area contributed by atoms with Crippen LogP contribution >= 0.6 is 0 Å². The summed E-state index contributed by atoms with van der Waals surface area (Å²) in [4.78, 5) is 8.58. The molecule has 0 aromatic carbocycles. The first-order valence-corrected chi connectivity index (χ1v) is 18.7. The molecule has 0 bridgehead atoms. The third-order valence-corrected chi connectivity index (χ3v) is 8.33. The van der Waals surface area contributed by atoms with Crippen LogP contribution in [-0.2, 0) is 0 Å². The van der Waals surface area contributed by atoms with Crippen LogP contribution in [0.4, 0.5) is 0 Å². The smallest absolute Gasteiger partial charge is 0.0827 e. The second-order valence-electron chi connectivity index (χ2n) is 18.5. The molecule has 0 N–H and O–H groups in total. The van der Waals surface area contributed by atoms with E-state index in [0.717, 1.165) is 43.1 Å². The summed E-state index contributed by atoms with van der Waals surface area (Å²) < 4.78 is 4.25. The number of quaternary nitrogens is 4. The Balaban J connectivity index is -0.0000000637. The largest absolute Gasteiger partial charge is 0.331 e. The second kappa shape index (κ2) is 36.5. The van der Waals surface area contributed by atoms with Gasteiger partial charge in [-0.25, -0.2) is 0 Å². The Morgan fingerprint density at radius 3 is 0.438 bits per heavy atom. The number of nitrogens with zero attached hydrogens (tertiary/aromatic N) is 8. The first-order valence-electron chi connectivity index (χ1n) is 18.7. The van der Waals surface area contributed by atoms with Crippen LogP contribution in [0.2, 0.25) is 0 Å². The van der Waals surface area contributed by atoms with Gasteiger partial charge in [0.15, 0.2) is 0 Å². The minimum Gasteiger partial charge on any atom is -0.331 e. The van der Waals surface area contributed by atoms with Crippen molar-refractivity contribution in [2.75, 3.05) is 167 Å². The third kappa shape index (κ3) is 104. The normalized spacial score (nSPS) is 11.5. The second-order valence-corrected chi connectivity index (χ2v) is 18.5. The minimum absolute atomic E-state index is 0.685. The number of hydrogen-bond acceptors (Lipinski definition) is 4. The zero-order chi connectivity index (χ0) is 41.4. The van der Waals surface area contributed by atoms with Crippen LogP contribution in [0, 0.1) is 0 Å². The van der Waals surface area contributed by atoms with Gasteiger partial charge in [0.2, 0.25) is 0 Å². The monoisotopic (exact) mass is 701 g/mol. The zero-order valence-corrected chi connectivity index (χ0v) is 40.7. The van der Waals surface area contributed by atoms with Crippen molar-refractivity contribution in [2.24, 2.45) is 0 Å². The number of hydrogen-bond donors (Lipinski definition) is 0. The lowest BCUT2D eigenvalue weighted by molar-refractivity contribution is -0.891. The standard InChI is InChI=1S/2C6H16N.2C5H14N.2C5H13N.2C4H11N/c2*1-6(2)7(3,4)5;2*1-5-6(2,3)4;2*1-5(2)6(3)4;2*1-4-5(2)3/h2*6H,1-5H3;2*5H2,1-4H3;2*5H,1-4H3;2*4H2,1-3H3/q4*+1;;;;. The molecule has 0 heterocycles. The molecule has 0 aromatic rings. The Morgan fingerprint density at radius 1 is 0.354 bits per heavy atom. The van der Waals surface area contributed by atoms with Crippen molar-refractivity contribution in [3.8, 4) is 0 Å². The fraction of sp³-hybridized carbons (Fsp3) is 1.00. The van der Waals surface area contributed by atoms with Crippen LogP contribution in [0.1, 0.15) is 83.1 Å². The highest BCUT2D eigenvalue weighted by molar-refractivity contribution is 4.46. The maximum atomic E-state index is 2.22. The highest BCUT2D eigenvalue weighted by Crippen LogP contribution is 1.98. The van der Waals surface area contributed by atoms with E-state index in [1.54, 1.807) is 0 Å². The van der Waals surface area contributed by atoms with Crippen molar-refractivity contribution < 1.29 is 17.9 Å². The van der Waals surface area contributed by atoms with Crippen molar-refractivity contribution in [3.63, 3.8) is 0 Å². The Morgan fingerprint density at radius 2 is 0.438 bits per heavy atom. The highest BCUT2D eigenvalue weighted by atomic mass is 15.3. The van der Waals surface area contributed by atoms with E-state index in [0.29, 0.717) is 12.1 Å². The quantitative estimate of drug-likeness (QED) is 0.262. The Kier molecular flexibility index (Phi) is 50.1. The van der Waals surface area contributed by atoms with Crippen molar-refractivity contribution >= 4 is 0 Å². The molecule has 0 unspecified atom stereocenters. The molecule has 0 spiro atoms. The van der Waals surface area contributed by atoms with E-state index in [4.69, 9.17) is 0 Å². The SMILES string of the molecule is CC(C)N(C)C.CC(C)N(C)C.CC(C)[N+](C)(C)C.CC(C)[N+](C)(C)C.CCN(C)C.CCN(C)C.CC[N+](C)(C)C.CC[N+](C)(C)C. The molecule has 0 aliphatic carbocycles. The summed E-state index contributed by atoms with van der Waals surface area (Å²) >= 11 is 0. The van der Waals surface area contributed by atoms with Gasteiger partial charge in [-0.05, 0) is 139 Å². The summed E-state index contributed by atoms with van der Waals surface area (Å²) in [6.07, 6.45) is 0. The highest BCUT2D eigenvalue weighted by Gasteiger charge is 2.11. The lowest BCUT2D eigenvalue weighted by atomic mass is 10.3. The molecule has 48 heavy (non-hydrogen) atoms. The lowest BCUT2D eigenvalue weighted by Crippen LogP contribution is -2.41. The molecule has 0 saturated carbocycles. The zero-order valence-electron chi connectivity index (χ0n) is 40.7. The van der Waals surface area contributed by atoms with E-state index >= 15 is 0 Å². The molecule has 0 aromatic heterocycles. The van der Waals surface area contributed by atoms with Gasteiger partial charge in [0.25, 0.3) is 0 Å². The van der Waals surface area contributed by atoms with Crippen LogP contribution in [0.3, 0.4) is 0 Å². The molecule has 0 radical (unpaired) electrons. The molecule has 304 valence electrons. The van der Waals surface area contributed by atoms with Crippen molar-refractivity contribution in [2.45, 2.75) is 107 Å². The van der Waals surface area contributed by atoms with Gasteiger partial charge in [-0.3, -0.25) is 0 Å². The fourth-order valence-electron chi connectivity index (χ4n) is 0. The van der Waals surface area contributed by atoms with E-state index in [1.165, 1.54) is 13.1 Å². The maximum Gasteiger partial charge on any atom is 0.0827 e. The van der Waals surface area contributed by atoms with Crippen LogP contribution in [0.5, 0.6) is 0 Å². The Bertz CT molecular complexity index is 506. The summed E-state index contributed by atoms with van der Waals surface area (Å²) in [5.74, 6) is 0. The van der Waals surface area contributed by atoms with Crippen LogP contribution < -0.4 is 0 Å². The van der Waals surface area contributed by atoms with Gasteiger partial charge in [-0.15, -0.1) is 0 Å². The minimum atomic E-state index is 0.685. The fourth-order valence-corrected chi connectivity index (χ4v) is 0. The molecule has 0 rings (SSSR count). The van der Waals surface area contributed by atoms with Gasteiger partial charge in [0.05, 0.1) is 110 Å². The van der Waals surface area contributed by atoms with Gasteiger partial charge >= 0.3 is 0 Å². The van der Waals surface area contributed by atoms with Gasteiger partial charge in [0, 0.05) is 12.1 Å². The molecule has 8 nitrogen and oxygen atoms in total. The van der Waals surface area contributed by atoms with E-state index in [2.05, 4.69) is 244 Å². The summed E-state index contributed by atoms with van der Waals surface area (Å²) in [6.45, 7) is 30.9. The van der Waals surface area contributed by atoms with E-state index < -0.39 is 0 Å². The molecule has 8 heteroatoms. The molecule has 0 fully saturated rings. The summed E-state index contributed by atoms with van der Waals surface area (Å²) in [7, 11) is 42.8. The molecule has 0 amide bonds. The van der Waals surface area contributed by atoms with Gasteiger partial charge < -0.3 is 37.5 Å². The first-order chi connectivity index (χ1) is 20.8. The molecule has 0 aliphatic rings. The summed E-state index contributed by atoms with van der Waals surface area (Å²) in [5.41, 5.74) is 0. The van der Waals surface area contributed by atoms with Gasteiger partial charge in [-0.1, -0.05) is 13.8 Å². The van der Waals surface area contributed by atoms with Crippen molar-refractivity contribution in [1.82, 2.24) is 19.6 Å². The van der Waals surface area contributed by atoms with Crippen LogP contribution in [0.15, 0.2) is 0 Å². The van der Waals surface area contributed by atoms with E-state index in [-0.39, 0.29) is 0 Å². The topological polar surface area (TPSA) is 13.0 Å². The lowest BCUT2D eigenvalue weighted by Gasteiger charge is -2.28. The van der Waals surface area contributed by atoms with Gasteiger partial charge in [-0.2, -0.15) is 0 Å². The maximum absolute atomic E-state index is 2.22. The third-order valence-electron chi connectivity index (χ3n) is 8.33. The molecule has 0 aliphatic heterocycles. The average Bonchev–Trinajstić information content (AvgIpc) is 2.89. The average molecular weight is 701 g/mol. The molecular formula is C40H108N8+4. The van der Waals surface area contributed by atoms with Crippen molar-refractivity contribution in [1.29, 1.82) is 0 Å². The van der Waals surface area contributed by atoms with Crippen molar-refractivity contribution in [3.05, 3.63) is 0 Å². The number of rotatable bonds is 8. The Hall–Kier alpha value is -0.320. The van der Waals surface area contributed by atoms with E-state index in [1.807, 2.05) is 0 Å². The Labute approximate surface area is 311 Å². The van der Waals surface area contributed by atoms with Crippen LogP contribution in [0.25, 0.3) is 0 Å². The van der Waals surface area contributed by atoms with Gasteiger partial charge in [0.1, 0.15) is 0 Å². The molecular weight excluding hydrogens is 592 g/mol. The van der Waals surface area contributed by atoms with E-state index in [9.17, 15) is 0 Å². The summed E-state index contributed by atoms with van der Waals surface area (Å²) in [5, 5.41) is 0. The van der Waals surface area contributed by atoms with Crippen LogP contribution in [-0.4, -0.2) is 229 Å². The molecule has 0 atom stereocenters. The molecule has 0 saturated heterocycles. The predicted octanol–water partition coefficient (Wildman–Crippen LogP) is 6.68. The first kappa shape index (κ1) is 66.0. The summed E-state index contributed by atoms with van der Waals surface area (Å²) in [6, 6.07) is 2.84.